The minimum absolute atomic E-state index is 0.0378. The molecule has 0 aliphatic heterocycles. The quantitative estimate of drug-likeness (QED) is 0.187. The second kappa shape index (κ2) is 8.37. The molecular formula is C24H17BrNO3+. The average molecular weight is 447 g/mol. The molecule has 5 heteroatoms. The smallest absolute Gasteiger partial charge is 0.409 e. The topological polar surface area (TPSA) is 47.2 Å². The van der Waals surface area contributed by atoms with Gasteiger partial charge in [-0.1, -0.05) is 58.4 Å². The average Bonchev–Trinajstić information content (AvgIpc) is 2.76. The number of carbonyl (C=O) groups excluding carboxylic acids is 2. The third-order valence-corrected chi connectivity index (χ3v) is 5.10. The van der Waals surface area contributed by atoms with Crippen molar-refractivity contribution in [2.75, 3.05) is 0 Å². The maximum Gasteiger partial charge on any atom is 0.409 e. The van der Waals surface area contributed by atoms with Gasteiger partial charge in [0.05, 0.1) is 0 Å². The van der Waals surface area contributed by atoms with E-state index in [2.05, 4.69) is 15.9 Å². The second-order valence-corrected chi connectivity index (χ2v) is 7.41. The Morgan fingerprint density at radius 1 is 0.793 bits per heavy atom. The van der Waals surface area contributed by atoms with Crippen molar-refractivity contribution < 1.29 is 18.9 Å². The summed E-state index contributed by atoms with van der Waals surface area (Å²) < 4.78 is 8.15. The molecule has 4 aromatic rings. The molecule has 0 bridgehead atoms. The highest BCUT2D eigenvalue weighted by molar-refractivity contribution is 9.10. The van der Waals surface area contributed by atoms with E-state index in [-0.39, 0.29) is 12.3 Å². The standard InChI is InChI=1S/C24H17BrNO3/c25-19-11-13-20(14-12-19)29-24(28)22-15-10-17-6-4-5-9-21(17)26(22)16-23(27)18-7-2-1-3-8-18/h1-15H,16H2/q+1. The monoisotopic (exact) mass is 446 g/mol. The van der Waals surface area contributed by atoms with E-state index < -0.39 is 5.97 Å². The molecule has 1 heterocycles. The molecule has 0 saturated carbocycles. The van der Waals surface area contributed by atoms with E-state index in [0.29, 0.717) is 17.0 Å². The van der Waals surface area contributed by atoms with Crippen molar-refractivity contribution in [3.63, 3.8) is 0 Å². The van der Waals surface area contributed by atoms with Gasteiger partial charge in [0.2, 0.25) is 17.8 Å². The number of aromatic nitrogens is 1. The van der Waals surface area contributed by atoms with Gasteiger partial charge in [0, 0.05) is 27.6 Å². The molecule has 29 heavy (non-hydrogen) atoms. The lowest BCUT2D eigenvalue weighted by Crippen LogP contribution is -2.45. The van der Waals surface area contributed by atoms with Gasteiger partial charge in [-0.05, 0) is 36.4 Å². The zero-order valence-electron chi connectivity index (χ0n) is 15.4. The van der Waals surface area contributed by atoms with Gasteiger partial charge in [0.25, 0.3) is 5.69 Å². The van der Waals surface area contributed by atoms with Crippen LogP contribution in [0.3, 0.4) is 0 Å². The summed E-state index contributed by atoms with van der Waals surface area (Å²) in [5, 5.41) is 0.938. The van der Waals surface area contributed by atoms with Crippen LogP contribution in [0.25, 0.3) is 10.9 Å². The molecule has 0 atom stereocenters. The minimum Gasteiger partial charge on any atom is -0.419 e. The Morgan fingerprint density at radius 2 is 1.48 bits per heavy atom. The zero-order valence-corrected chi connectivity index (χ0v) is 17.0. The van der Waals surface area contributed by atoms with Crippen LogP contribution in [0, 0.1) is 0 Å². The summed E-state index contributed by atoms with van der Waals surface area (Å²) in [5.74, 6) is -0.157. The van der Waals surface area contributed by atoms with Crippen molar-refractivity contribution in [1.82, 2.24) is 0 Å². The lowest BCUT2D eigenvalue weighted by Gasteiger charge is -2.08. The van der Waals surface area contributed by atoms with Crippen molar-refractivity contribution in [2.45, 2.75) is 6.54 Å². The first kappa shape index (κ1) is 19.0. The number of para-hydroxylation sites is 1. The molecule has 142 valence electrons. The maximum absolute atomic E-state index is 12.9. The molecule has 0 fully saturated rings. The number of esters is 1. The highest BCUT2D eigenvalue weighted by Crippen LogP contribution is 2.18. The Bertz CT molecular complexity index is 1190. The third-order valence-electron chi connectivity index (χ3n) is 4.57. The highest BCUT2D eigenvalue weighted by Gasteiger charge is 2.26. The fraction of sp³-hybridized carbons (Fsp3) is 0.0417. The van der Waals surface area contributed by atoms with Gasteiger partial charge in [-0.15, -0.1) is 0 Å². The number of Topliss-reactive ketones (excluding diaryl/α,β-unsaturated/α-hetero) is 1. The number of benzene rings is 3. The van der Waals surface area contributed by atoms with Gasteiger partial charge < -0.3 is 4.74 Å². The summed E-state index contributed by atoms with van der Waals surface area (Å²) in [5.41, 5.74) is 1.71. The van der Waals surface area contributed by atoms with E-state index in [9.17, 15) is 9.59 Å². The highest BCUT2D eigenvalue weighted by atomic mass is 79.9. The molecule has 0 aliphatic rings. The van der Waals surface area contributed by atoms with Gasteiger partial charge in [-0.3, -0.25) is 4.79 Å². The predicted molar refractivity (Wildman–Crippen MR) is 114 cm³/mol. The number of hydrogen-bond acceptors (Lipinski definition) is 3. The van der Waals surface area contributed by atoms with Crippen LogP contribution in [0.5, 0.6) is 5.75 Å². The third kappa shape index (κ3) is 4.25. The number of ether oxygens (including phenoxy) is 1. The lowest BCUT2D eigenvalue weighted by molar-refractivity contribution is -0.659. The molecule has 0 N–H and O–H groups in total. The molecule has 0 amide bonds. The molecule has 0 spiro atoms. The first-order chi connectivity index (χ1) is 14.1. The van der Waals surface area contributed by atoms with Gasteiger partial charge >= 0.3 is 5.97 Å². The first-order valence-electron chi connectivity index (χ1n) is 9.09. The molecular weight excluding hydrogens is 430 g/mol. The van der Waals surface area contributed by atoms with Crippen LogP contribution in [0.2, 0.25) is 0 Å². The Morgan fingerprint density at radius 3 is 2.24 bits per heavy atom. The van der Waals surface area contributed by atoms with E-state index in [4.69, 9.17) is 4.74 Å². The number of halogens is 1. The summed E-state index contributed by atoms with van der Waals surface area (Å²) in [6.45, 7) is 0.0378. The largest absolute Gasteiger partial charge is 0.419 e. The second-order valence-electron chi connectivity index (χ2n) is 6.50. The Balaban J connectivity index is 1.73. The molecule has 1 aromatic heterocycles. The summed E-state index contributed by atoms with van der Waals surface area (Å²) in [7, 11) is 0. The van der Waals surface area contributed by atoms with Gasteiger partial charge in [0.1, 0.15) is 5.75 Å². The first-order valence-corrected chi connectivity index (χ1v) is 9.89. The number of rotatable bonds is 5. The number of nitrogens with zero attached hydrogens (tertiary/aromatic N) is 1. The van der Waals surface area contributed by atoms with Crippen LogP contribution in [0.15, 0.2) is 95.5 Å². The molecule has 4 rings (SSSR count). The number of carbonyl (C=O) groups is 2. The normalized spacial score (nSPS) is 10.7. The summed E-state index contributed by atoms with van der Waals surface area (Å²) in [6.07, 6.45) is 0. The van der Waals surface area contributed by atoms with Crippen LogP contribution >= 0.6 is 15.9 Å². The fourth-order valence-electron chi connectivity index (χ4n) is 3.13. The number of fused-ring (bicyclic) bond motifs is 1. The van der Waals surface area contributed by atoms with Gasteiger partial charge in [-0.25, -0.2) is 4.79 Å². The fourth-order valence-corrected chi connectivity index (χ4v) is 3.40. The Labute approximate surface area is 176 Å². The van der Waals surface area contributed by atoms with E-state index in [1.165, 1.54) is 0 Å². The number of hydrogen-bond donors (Lipinski definition) is 0. The van der Waals surface area contributed by atoms with Gasteiger partial charge in [0.15, 0.2) is 0 Å². The predicted octanol–water partition coefficient (Wildman–Crippen LogP) is 4.99. The van der Waals surface area contributed by atoms with Crippen LogP contribution in [-0.2, 0) is 6.54 Å². The molecule has 0 aliphatic carbocycles. The molecule has 3 aromatic carbocycles. The van der Waals surface area contributed by atoms with E-state index in [0.717, 1.165) is 15.4 Å². The van der Waals surface area contributed by atoms with Crippen molar-refractivity contribution in [1.29, 1.82) is 0 Å². The van der Waals surface area contributed by atoms with Crippen LogP contribution in [0.4, 0.5) is 0 Å². The van der Waals surface area contributed by atoms with Crippen molar-refractivity contribution in [2.24, 2.45) is 0 Å². The number of pyridine rings is 1. The Hall–Kier alpha value is -3.31. The van der Waals surface area contributed by atoms with Crippen molar-refractivity contribution in [3.8, 4) is 5.75 Å². The minimum atomic E-state index is -0.515. The Kier molecular flexibility index (Phi) is 5.49. The van der Waals surface area contributed by atoms with Gasteiger partial charge in [-0.2, -0.15) is 4.57 Å². The van der Waals surface area contributed by atoms with E-state index in [1.54, 1.807) is 47.0 Å². The van der Waals surface area contributed by atoms with E-state index >= 15 is 0 Å². The summed E-state index contributed by atoms with van der Waals surface area (Å²) >= 11 is 3.36. The van der Waals surface area contributed by atoms with Crippen molar-refractivity contribution in [3.05, 3.63) is 107 Å². The van der Waals surface area contributed by atoms with Crippen LogP contribution in [-0.4, -0.2) is 11.8 Å². The number of ketones is 1. The van der Waals surface area contributed by atoms with Crippen molar-refractivity contribution >= 4 is 38.6 Å². The zero-order chi connectivity index (χ0) is 20.2. The lowest BCUT2D eigenvalue weighted by atomic mass is 10.1. The summed E-state index contributed by atoms with van der Waals surface area (Å²) in [6, 6.07) is 27.3. The molecule has 0 saturated heterocycles. The maximum atomic E-state index is 12.9. The molecule has 0 radical (unpaired) electrons. The van der Waals surface area contributed by atoms with Crippen LogP contribution in [0.1, 0.15) is 20.8 Å². The summed E-state index contributed by atoms with van der Waals surface area (Å²) in [4.78, 5) is 25.8. The molecule has 0 unspecified atom stereocenters. The van der Waals surface area contributed by atoms with E-state index in [1.807, 2.05) is 48.5 Å². The molecule has 4 nitrogen and oxygen atoms in total. The van der Waals surface area contributed by atoms with Crippen LogP contribution < -0.4 is 9.30 Å². The SMILES string of the molecule is O=C(C[n+]1c(C(=O)Oc2ccc(Br)cc2)ccc2ccccc21)c1ccccc1.